The maximum Gasteiger partial charge on any atom is 0.261 e. The Kier molecular flexibility index (Phi) is 6.71. The van der Waals surface area contributed by atoms with Crippen LogP contribution in [0.5, 0.6) is 11.5 Å². The third kappa shape index (κ3) is 5.68. The van der Waals surface area contributed by atoms with Gasteiger partial charge in [0.2, 0.25) is 0 Å². The van der Waals surface area contributed by atoms with Crippen molar-refractivity contribution in [3.05, 3.63) is 58.6 Å². The number of para-hydroxylation sites is 1. The average Bonchev–Trinajstić information content (AvgIpc) is 2.57. The molecule has 0 unspecified atom stereocenters. The summed E-state index contributed by atoms with van der Waals surface area (Å²) in [6.07, 6.45) is -0.610. The standard InChI is InChI=1S/C20H24ClNO3/c1-13-7-5-6-8-19(13)24-12-15(3)22-20(23)16(4)25-17-9-10-18(21)14(2)11-17/h5-11,15-16H,12H2,1-4H3,(H,22,23)/t15-,16-/m0/s1. The lowest BCUT2D eigenvalue weighted by Gasteiger charge is -2.20. The Balaban J connectivity index is 1.83. The number of hydrogen-bond donors (Lipinski definition) is 1. The summed E-state index contributed by atoms with van der Waals surface area (Å²) in [4.78, 5) is 12.3. The molecule has 0 spiro atoms. The van der Waals surface area contributed by atoms with Crippen LogP contribution in [0.4, 0.5) is 0 Å². The summed E-state index contributed by atoms with van der Waals surface area (Å²) in [5.74, 6) is 1.26. The number of nitrogens with one attached hydrogen (secondary N) is 1. The molecular weight excluding hydrogens is 338 g/mol. The zero-order valence-corrected chi connectivity index (χ0v) is 15.8. The number of hydrogen-bond acceptors (Lipinski definition) is 3. The molecule has 2 aromatic rings. The molecular formula is C20H24ClNO3. The predicted octanol–water partition coefficient (Wildman–Crippen LogP) is 4.31. The third-order valence-corrected chi connectivity index (χ3v) is 4.21. The second-order valence-corrected chi connectivity index (χ2v) is 6.56. The minimum atomic E-state index is -0.610. The van der Waals surface area contributed by atoms with Crippen LogP contribution < -0.4 is 14.8 Å². The molecule has 0 aliphatic rings. The lowest BCUT2D eigenvalue weighted by Crippen LogP contribution is -2.43. The van der Waals surface area contributed by atoms with E-state index < -0.39 is 6.10 Å². The number of aryl methyl sites for hydroxylation is 2. The molecule has 0 radical (unpaired) electrons. The molecule has 0 aliphatic carbocycles. The Morgan fingerprint density at radius 1 is 1.12 bits per heavy atom. The van der Waals surface area contributed by atoms with Crippen molar-refractivity contribution in [2.24, 2.45) is 0 Å². The van der Waals surface area contributed by atoms with E-state index in [0.29, 0.717) is 17.4 Å². The van der Waals surface area contributed by atoms with E-state index in [1.54, 1.807) is 19.1 Å². The number of ether oxygens (including phenoxy) is 2. The fraction of sp³-hybridized carbons (Fsp3) is 0.350. The predicted molar refractivity (Wildman–Crippen MR) is 101 cm³/mol. The highest BCUT2D eigenvalue weighted by Crippen LogP contribution is 2.22. The van der Waals surface area contributed by atoms with E-state index in [-0.39, 0.29) is 11.9 Å². The topological polar surface area (TPSA) is 47.6 Å². The molecule has 25 heavy (non-hydrogen) atoms. The first-order chi connectivity index (χ1) is 11.9. The van der Waals surface area contributed by atoms with Crippen molar-refractivity contribution in [3.8, 4) is 11.5 Å². The lowest BCUT2D eigenvalue weighted by molar-refractivity contribution is -0.128. The molecule has 0 fully saturated rings. The van der Waals surface area contributed by atoms with Gasteiger partial charge in [0, 0.05) is 5.02 Å². The summed E-state index contributed by atoms with van der Waals surface area (Å²) < 4.78 is 11.4. The van der Waals surface area contributed by atoms with Gasteiger partial charge in [0.1, 0.15) is 18.1 Å². The van der Waals surface area contributed by atoms with Gasteiger partial charge in [-0.25, -0.2) is 0 Å². The van der Waals surface area contributed by atoms with E-state index in [4.69, 9.17) is 21.1 Å². The maximum absolute atomic E-state index is 12.3. The van der Waals surface area contributed by atoms with Gasteiger partial charge < -0.3 is 14.8 Å². The van der Waals surface area contributed by atoms with Gasteiger partial charge in [-0.1, -0.05) is 29.8 Å². The molecule has 4 nitrogen and oxygen atoms in total. The zero-order chi connectivity index (χ0) is 18.4. The minimum absolute atomic E-state index is 0.134. The average molecular weight is 362 g/mol. The van der Waals surface area contributed by atoms with Crippen LogP contribution in [0.2, 0.25) is 5.02 Å². The number of halogens is 1. The van der Waals surface area contributed by atoms with Gasteiger partial charge in [-0.3, -0.25) is 4.79 Å². The van der Waals surface area contributed by atoms with Gasteiger partial charge in [0.05, 0.1) is 6.04 Å². The number of rotatable bonds is 7. The van der Waals surface area contributed by atoms with Gasteiger partial charge in [0.15, 0.2) is 6.10 Å². The molecule has 0 heterocycles. The molecule has 2 aromatic carbocycles. The first kappa shape index (κ1) is 19.1. The van der Waals surface area contributed by atoms with Crippen LogP contribution >= 0.6 is 11.6 Å². The summed E-state index contributed by atoms with van der Waals surface area (Å²) >= 11 is 6.00. The van der Waals surface area contributed by atoms with Crippen LogP contribution in [0.25, 0.3) is 0 Å². The Labute approximate surface area is 154 Å². The highest BCUT2D eigenvalue weighted by molar-refractivity contribution is 6.31. The van der Waals surface area contributed by atoms with Crippen LogP contribution in [0.3, 0.4) is 0 Å². The Hall–Kier alpha value is -2.20. The van der Waals surface area contributed by atoms with Crippen molar-refractivity contribution in [1.29, 1.82) is 0 Å². The van der Waals surface area contributed by atoms with Gasteiger partial charge >= 0.3 is 0 Å². The van der Waals surface area contributed by atoms with Crippen molar-refractivity contribution in [2.45, 2.75) is 39.8 Å². The highest BCUT2D eigenvalue weighted by atomic mass is 35.5. The summed E-state index contributed by atoms with van der Waals surface area (Å²) in [5.41, 5.74) is 1.97. The Morgan fingerprint density at radius 3 is 2.52 bits per heavy atom. The normalized spacial score (nSPS) is 13.0. The van der Waals surface area contributed by atoms with Crippen molar-refractivity contribution in [1.82, 2.24) is 5.32 Å². The Morgan fingerprint density at radius 2 is 1.84 bits per heavy atom. The van der Waals surface area contributed by atoms with E-state index in [1.165, 1.54) is 0 Å². The summed E-state index contributed by atoms with van der Waals surface area (Å²) in [6.45, 7) is 7.89. The van der Waals surface area contributed by atoms with Crippen LogP contribution in [-0.4, -0.2) is 24.7 Å². The SMILES string of the molecule is Cc1cc(O[C@@H](C)C(=O)N[C@@H](C)COc2ccccc2C)ccc1Cl. The van der Waals surface area contributed by atoms with Gasteiger partial charge in [-0.05, 0) is 63.1 Å². The Bertz CT molecular complexity index is 733. The molecule has 1 amide bonds. The summed E-state index contributed by atoms with van der Waals surface area (Å²) in [5, 5.41) is 3.57. The molecule has 1 N–H and O–H groups in total. The number of carbonyl (C=O) groups is 1. The van der Waals surface area contributed by atoms with Crippen LogP contribution in [0.15, 0.2) is 42.5 Å². The highest BCUT2D eigenvalue weighted by Gasteiger charge is 2.17. The van der Waals surface area contributed by atoms with Crippen molar-refractivity contribution >= 4 is 17.5 Å². The molecule has 0 aromatic heterocycles. The third-order valence-electron chi connectivity index (χ3n) is 3.78. The van der Waals surface area contributed by atoms with Crippen molar-refractivity contribution in [3.63, 3.8) is 0 Å². The van der Waals surface area contributed by atoms with Crippen LogP contribution in [0, 0.1) is 13.8 Å². The summed E-state index contributed by atoms with van der Waals surface area (Å²) in [7, 11) is 0. The van der Waals surface area contributed by atoms with E-state index in [0.717, 1.165) is 16.9 Å². The molecule has 0 aliphatic heterocycles. The second-order valence-electron chi connectivity index (χ2n) is 6.16. The fourth-order valence-electron chi connectivity index (χ4n) is 2.28. The van der Waals surface area contributed by atoms with E-state index >= 15 is 0 Å². The zero-order valence-electron chi connectivity index (χ0n) is 15.0. The quantitative estimate of drug-likeness (QED) is 0.799. The molecule has 0 saturated carbocycles. The molecule has 2 atom stereocenters. The smallest absolute Gasteiger partial charge is 0.261 e. The van der Waals surface area contributed by atoms with Crippen molar-refractivity contribution < 1.29 is 14.3 Å². The largest absolute Gasteiger partial charge is 0.491 e. The van der Waals surface area contributed by atoms with E-state index in [9.17, 15) is 4.79 Å². The number of benzene rings is 2. The fourth-order valence-corrected chi connectivity index (χ4v) is 2.40. The number of amides is 1. The molecule has 5 heteroatoms. The molecule has 0 bridgehead atoms. The summed E-state index contributed by atoms with van der Waals surface area (Å²) in [6, 6.07) is 13.0. The van der Waals surface area contributed by atoms with Gasteiger partial charge in [-0.2, -0.15) is 0 Å². The van der Waals surface area contributed by atoms with Gasteiger partial charge in [-0.15, -0.1) is 0 Å². The van der Waals surface area contributed by atoms with Crippen LogP contribution in [0.1, 0.15) is 25.0 Å². The van der Waals surface area contributed by atoms with Gasteiger partial charge in [0.25, 0.3) is 5.91 Å². The molecule has 0 saturated heterocycles. The van der Waals surface area contributed by atoms with Crippen LogP contribution in [-0.2, 0) is 4.79 Å². The number of carbonyl (C=O) groups excluding carboxylic acids is 1. The molecule has 2 rings (SSSR count). The lowest BCUT2D eigenvalue weighted by atomic mass is 10.2. The first-order valence-corrected chi connectivity index (χ1v) is 8.66. The maximum atomic E-state index is 12.3. The van der Waals surface area contributed by atoms with E-state index in [2.05, 4.69) is 5.32 Å². The van der Waals surface area contributed by atoms with E-state index in [1.807, 2.05) is 51.1 Å². The monoisotopic (exact) mass is 361 g/mol. The molecule has 134 valence electrons. The first-order valence-electron chi connectivity index (χ1n) is 8.28. The second kappa shape index (κ2) is 8.77. The van der Waals surface area contributed by atoms with Crippen molar-refractivity contribution in [2.75, 3.05) is 6.61 Å². The minimum Gasteiger partial charge on any atom is -0.491 e.